The molecule has 3 heteroatoms. The molecule has 240 valence electrons. The molecule has 3 heterocycles. The van der Waals surface area contributed by atoms with Gasteiger partial charge in [-0.1, -0.05) is 103 Å². The fraction of sp³-hybridized carbons (Fsp3) is 0.0417. The van der Waals surface area contributed by atoms with E-state index in [1.807, 2.05) is 0 Å². The molecule has 1 aliphatic rings. The van der Waals surface area contributed by atoms with Crippen molar-refractivity contribution >= 4 is 71.2 Å². The van der Waals surface area contributed by atoms with Gasteiger partial charge in [0, 0.05) is 49.8 Å². The Morgan fingerprint density at radius 1 is 0.431 bits per heavy atom. The van der Waals surface area contributed by atoms with Gasteiger partial charge in [0.1, 0.15) is 11.2 Å². The SMILES string of the molecule is C1=CC(n2c3ccccc3c3cc(-c4ccc5c(c4)c4ccccc4n5-c4ccc5c(c4)oc4cccc(-c6ccccc6)c45)ccc32)=CCC1. The molecule has 0 atom stereocenters. The molecule has 0 aliphatic heterocycles. The maximum atomic E-state index is 6.54. The molecule has 3 nitrogen and oxygen atoms in total. The highest BCUT2D eigenvalue weighted by Gasteiger charge is 2.18. The molecule has 0 saturated carbocycles. The van der Waals surface area contributed by atoms with Crippen LogP contribution in [0.15, 0.2) is 174 Å². The summed E-state index contributed by atoms with van der Waals surface area (Å²) in [6, 6.07) is 55.0. The first kappa shape index (κ1) is 28.3. The van der Waals surface area contributed by atoms with Gasteiger partial charge in [-0.3, -0.25) is 0 Å². The third-order valence-corrected chi connectivity index (χ3v) is 10.7. The summed E-state index contributed by atoms with van der Waals surface area (Å²) in [5, 5.41) is 7.31. The largest absolute Gasteiger partial charge is 0.456 e. The van der Waals surface area contributed by atoms with Crippen molar-refractivity contribution in [1.29, 1.82) is 0 Å². The second-order valence-electron chi connectivity index (χ2n) is 13.6. The summed E-state index contributed by atoms with van der Waals surface area (Å²) >= 11 is 0. The van der Waals surface area contributed by atoms with Crippen molar-refractivity contribution in [3.63, 3.8) is 0 Å². The summed E-state index contributed by atoms with van der Waals surface area (Å²) in [6.07, 6.45) is 9.09. The van der Waals surface area contributed by atoms with Crippen molar-refractivity contribution in [2.75, 3.05) is 0 Å². The predicted octanol–water partition coefficient (Wildman–Crippen LogP) is 13.3. The lowest BCUT2D eigenvalue weighted by molar-refractivity contribution is 0.668. The molecule has 0 fully saturated rings. The van der Waals surface area contributed by atoms with Crippen LogP contribution in [0.4, 0.5) is 0 Å². The Morgan fingerprint density at radius 3 is 1.82 bits per heavy atom. The van der Waals surface area contributed by atoms with Gasteiger partial charge in [0.05, 0.1) is 22.1 Å². The third-order valence-electron chi connectivity index (χ3n) is 10.7. The van der Waals surface area contributed by atoms with Crippen LogP contribution in [0.5, 0.6) is 0 Å². The van der Waals surface area contributed by atoms with Crippen LogP contribution in [0.3, 0.4) is 0 Å². The van der Waals surface area contributed by atoms with Gasteiger partial charge in [-0.05, 0) is 95.8 Å². The maximum absolute atomic E-state index is 6.54. The number of rotatable bonds is 4. The second kappa shape index (κ2) is 11.0. The fourth-order valence-corrected chi connectivity index (χ4v) is 8.44. The summed E-state index contributed by atoms with van der Waals surface area (Å²) in [7, 11) is 0. The van der Waals surface area contributed by atoms with E-state index >= 15 is 0 Å². The molecule has 0 bridgehead atoms. The second-order valence-corrected chi connectivity index (χ2v) is 13.6. The number of para-hydroxylation sites is 2. The van der Waals surface area contributed by atoms with Crippen LogP contribution < -0.4 is 0 Å². The normalized spacial score (nSPS) is 13.4. The van der Waals surface area contributed by atoms with E-state index in [0.717, 1.165) is 40.5 Å². The number of fused-ring (bicyclic) bond motifs is 9. The van der Waals surface area contributed by atoms with Crippen LogP contribution in [0, 0.1) is 0 Å². The Hall–Kier alpha value is -6.58. The molecule has 0 N–H and O–H groups in total. The highest BCUT2D eigenvalue weighted by Crippen LogP contribution is 2.41. The number of hydrogen-bond acceptors (Lipinski definition) is 1. The lowest BCUT2D eigenvalue weighted by atomic mass is 9.99. The first-order valence-corrected chi connectivity index (χ1v) is 17.8. The van der Waals surface area contributed by atoms with Crippen LogP contribution in [-0.4, -0.2) is 9.13 Å². The summed E-state index contributed by atoms with van der Waals surface area (Å²) in [6.45, 7) is 0. The third kappa shape index (κ3) is 4.25. The molecule has 7 aromatic carbocycles. The van der Waals surface area contributed by atoms with Crippen LogP contribution >= 0.6 is 0 Å². The molecular weight excluding hydrogens is 621 g/mol. The van der Waals surface area contributed by atoms with Crippen molar-refractivity contribution in [2.24, 2.45) is 0 Å². The number of furan rings is 1. The van der Waals surface area contributed by atoms with E-state index in [-0.39, 0.29) is 0 Å². The average Bonchev–Trinajstić information content (AvgIpc) is 3.85. The van der Waals surface area contributed by atoms with Gasteiger partial charge in [-0.2, -0.15) is 0 Å². The van der Waals surface area contributed by atoms with Gasteiger partial charge in [0.25, 0.3) is 0 Å². The van der Waals surface area contributed by atoms with Crippen LogP contribution in [0.25, 0.3) is 99.2 Å². The van der Waals surface area contributed by atoms with E-state index in [2.05, 4.69) is 179 Å². The monoisotopic (exact) mass is 652 g/mol. The maximum Gasteiger partial charge on any atom is 0.137 e. The number of nitrogens with zero attached hydrogens (tertiary/aromatic N) is 2. The highest BCUT2D eigenvalue weighted by atomic mass is 16.3. The van der Waals surface area contributed by atoms with Crippen LogP contribution in [0.2, 0.25) is 0 Å². The minimum absolute atomic E-state index is 0.889. The van der Waals surface area contributed by atoms with Gasteiger partial charge in [-0.25, -0.2) is 0 Å². The molecule has 0 saturated heterocycles. The first-order valence-electron chi connectivity index (χ1n) is 17.8. The number of allylic oxidation sites excluding steroid dienone is 4. The minimum Gasteiger partial charge on any atom is -0.456 e. The van der Waals surface area contributed by atoms with Crippen molar-refractivity contribution in [3.05, 3.63) is 170 Å². The zero-order valence-corrected chi connectivity index (χ0v) is 27.9. The molecule has 0 unspecified atom stereocenters. The Balaban J connectivity index is 1.07. The van der Waals surface area contributed by atoms with E-state index in [1.54, 1.807) is 0 Å². The van der Waals surface area contributed by atoms with E-state index in [0.29, 0.717) is 0 Å². The molecule has 10 aromatic rings. The van der Waals surface area contributed by atoms with Gasteiger partial charge < -0.3 is 13.6 Å². The predicted molar refractivity (Wildman–Crippen MR) is 215 cm³/mol. The van der Waals surface area contributed by atoms with Crippen LogP contribution in [-0.2, 0) is 0 Å². The van der Waals surface area contributed by atoms with E-state index in [1.165, 1.54) is 71.6 Å². The zero-order valence-electron chi connectivity index (χ0n) is 27.9. The van der Waals surface area contributed by atoms with Crippen molar-refractivity contribution < 1.29 is 4.42 Å². The lowest BCUT2D eigenvalue weighted by Gasteiger charge is -2.12. The summed E-state index contributed by atoms with van der Waals surface area (Å²) in [5.74, 6) is 0. The number of benzene rings is 7. The van der Waals surface area contributed by atoms with Crippen molar-refractivity contribution in [2.45, 2.75) is 12.8 Å². The molecule has 3 aromatic heterocycles. The number of aromatic nitrogens is 2. The molecule has 11 rings (SSSR count). The minimum atomic E-state index is 0.889. The summed E-state index contributed by atoms with van der Waals surface area (Å²) < 4.78 is 11.3. The lowest BCUT2D eigenvalue weighted by Crippen LogP contribution is -1.96. The fourth-order valence-electron chi connectivity index (χ4n) is 8.44. The Bertz CT molecular complexity index is 3070. The van der Waals surface area contributed by atoms with Crippen molar-refractivity contribution in [1.82, 2.24) is 9.13 Å². The quantitative estimate of drug-likeness (QED) is 0.186. The Kier molecular flexibility index (Phi) is 6.08. The Morgan fingerprint density at radius 2 is 1.10 bits per heavy atom. The molecular formula is C48H32N2O. The Labute approximate surface area is 294 Å². The van der Waals surface area contributed by atoms with Gasteiger partial charge >= 0.3 is 0 Å². The zero-order chi connectivity index (χ0) is 33.5. The summed E-state index contributed by atoms with van der Waals surface area (Å²) in [4.78, 5) is 0. The molecule has 0 radical (unpaired) electrons. The smallest absolute Gasteiger partial charge is 0.137 e. The average molecular weight is 653 g/mol. The molecule has 0 amide bonds. The van der Waals surface area contributed by atoms with E-state index < -0.39 is 0 Å². The van der Waals surface area contributed by atoms with E-state index in [4.69, 9.17) is 4.42 Å². The number of hydrogen-bond donors (Lipinski definition) is 0. The molecule has 0 spiro atoms. The standard InChI is InChI=1S/C48H32N2O/c1-3-12-31(13-4-1)36-18-11-21-46-48(36)39-25-24-35(30-47(39)51-46)50-43-20-10-8-17-38(43)41-29-33(23-27-45(41)50)32-22-26-44-40(28-32)37-16-7-9-19-42(37)49(44)34-14-5-2-6-15-34/h1,3-5,7-30H,2,6H2. The summed E-state index contributed by atoms with van der Waals surface area (Å²) in [5.41, 5.74) is 13.8. The van der Waals surface area contributed by atoms with Gasteiger partial charge in [0.2, 0.25) is 0 Å². The highest BCUT2D eigenvalue weighted by molar-refractivity contribution is 6.15. The molecule has 51 heavy (non-hydrogen) atoms. The first-order chi connectivity index (χ1) is 25.3. The topological polar surface area (TPSA) is 23.0 Å². The van der Waals surface area contributed by atoms with E-state index in [9.17, 15) is 0 Å². The van der Waals surface area contributed by atoms with Crippen LogP contribution in [0.1, 0.15) is 12.8 Å². The van der Waals surface area contributed by atoms with Gasteiger partial charge in [-0.15, -0.1) is 0 Å². The van der Waals surface area contributed by atoms with Gasteiger partial charge in [0.15, 0.2) is 0 Å². The molecule has 1 aliphatic carbocycles. The van der Waals surface area contributed by atoms with Crippen molar-refractivity contribution in [3.8, 4) is 27.9 Å².